The van der Waals surface area contributed by atoms with Crippen molar-refractivity contribution in [2.24, 2.45) is 0 Å². The molecular formula is C18H16N2O4. The quantitative estimate of drug-likeness (QED) is 0.847. The van der Waals surface area contributed by atoms with Crippen molar-refractivity contribution in [2.45, 2.75) is 19.4 Å². The van der Waals surface area contributed by atoms with E-state index < -0.39 is 12.1 Å². The van der Waals surface area contributed by atoms with Gasteiger partial charge in [0.25, 0.3) is 0 Å². The molecule has 2 amide bonds. The molecule has 0 saturated heterocycles. The Labute approximate surface area is 138 Å². The molecule has 6 nitrogen and oxygen atoms in total. The molecule has 0 saturated carbocycles. The number of carbonyl (C=O) groups excluding carboxylic acids is 3. The second-order valence-electron chi connectivity index (χ2n) is 5.49. The number of nitrogens with one attached hydrogen (secondary N) is 2. The summed E-state index contributed by atoms with van der Waals surface area (Å²) in [5.74, 6) is -0.812. The number of fused-ring (bicyclic) bond motifs is 1. The summed E-state index contributed by atoms with van der Waals surface area (Å²) in [5.41, 5.74) is 2.50. The van der Waals surface area contributed by atoms with Gasteiger partial charge < -0.3 is 15.4 Å². The van der Waals surface area contributed by atoms with Crippen molar-refractivity contribution in [3.63, 3.8) is 0 Å². The minimum atomic E-state index is -0.563. The Kier molecular flexibility index (Phi) is 4.29. The monoisotopic (exact) mass is 324 g/mol. The Bertz CT molecular complexity index is 799. The summed E-state index contributed by atoms with van der Waals surface area (Å²) in [6.45, 7) is 1.43. The van der Waals surface area contributed by atoms with E-state index in [9.17, 15) is 14.4 Å². The van der Waals surface area contributed by atoms with E-state index in [1.54, 1.807) is 42.5 Å². The number of hydrogen-bond donors (Lipinski definition) is 2. The van der Waals surface area contributed by atoms with Gasteiger partial charge in [-0.15, -0.1) is 0 Å². The Balaban J connectivity index is 1.62. The lowest BCUT2D eigenvalue weighted by molar-refractivity contribution is -0.118. The number of rotatable bonds is 4. The van der Waals surface area contributed by atoms with Crippen molar-refractivity contribution in [1.29, 1.82) is 0 Å². The first-order valence-electron chi connectivity index (χ1n) is 7.50. The smallest absolute Gasteiger partial charge is 0.339 e. The first kappa shape index (κ1) is 15.7. The van der Waals surface area contributed by atoms with Crippen molar-refractivity contribution in [1.82, 2.24) is 0 Å². The molecular weight excluding hydrogens is 308 g/mol. The zero-order valence-electron chi connectivity index (χ0n) is 13.0. The summed E-state index contributed by atoms with van der Waals surface area (Å²) in [6, 6.07) is 13.8. The summed E-state index contributed by atoms with van der Waals surface area (Å²) in [5, 5.41) is 5.40. The number of amides is 2. The summed E-state index contributed by atoms with van der Waals surface area (Å²) in [4.78, 5) is 34.9. The van der Waals surface area contributed by atoms with Crippen LogP contribution in [0.5, 0.6) is 0 Å². The fourth-order valence-electron chi connectivity index (χ4n) is 2.59. The van der Waals surface area contributed by atoms with E-state index in [0.29, 0.717) is 16.9 Å². The van der Waals surface area contributed by atoms with Crippen LogP contribution in [-0.2, 0) is 14.3 Å². The lowest BCUT2D eigenvalue weighted by atomic mass is 10.0. The molecule has 1 heterocycles. The zero-order valence-corrected chi connectivity index (χ0v) is 13.0. The van der Waals surface area contributed by atoms with Crippen molar-refractivity contribution in [2.75, 3.05) is 10.6 Å². The van der Waals surface area contributed by atoms with Gasteiger partial charge in [-0.2, -0.15) is 0 Å². The van der Waals surface area contributed by atoms with Crippen molar-refractivity contribution >= 4 is 29.2 Å². The van der Waals surface area contributed by atoms with Gasteiger partial charge in [0.2, 0.25) is 11.8 Å². The molecule has 122 valence electrons. The molecule has 0 bridgehead atoms. The van der Waals surface area contributed by atoms with Gasteiger partial charge in [-0.05, 0) is 30.3 Å². The van der Waals surface area contributed by atoms with Crippen LogP contribution < -0.4 is 10.6 Å². The number of cyclic esters (lactones) is 1. The topological polar surface area (TPSA) is 84.5 Å². The van der Waals surface area contributed by atoms with Gasteiger partial charge in [0, 0.05) is 23.9 Å². The van der Waals surface area contributed by atoms with Gasteiger partial charge in [-0.3, -0.25) is 9.59 Å². The van der Waals surface area contributed by atoms with Crippen molar-refractivity contribution < 1.29 is 19.1 Å². The standard InChI is InChI=1S/C18H16N2O4/c1-11(21)19-12-6-8-13(9-7-12)20-17(22)10-16-14-4-2-3-5-15(14)18(23)24-16/h2-9,16H,10H2,1H3,(H,19,21)(H,20,22)/t16-/m0/s1. The highest BCUT2D eigenvalue weighted by atomic mass is 16.5. The molecule has 6 heteroatoms. The highest BCUT2D eigenvalue weighted by Gasteiger charge is 2.31. The fraction of sp³-hybridized carbons (Fsp3) is 0.167. The number of carbonyl (C=O) groups is 3. The summed E-state index contributed by atoms with van der Waals surface area (Å²) in [6.07, 6.45) is -0.511. The molecule has 0 aliphatic carbocycles. The maximum Gasteiger partial charge on any atom is 0.339 e. The van der Waals surface area contributed by atoms with E-state index in [4.69, 9.17) is 4.74 Å². The third-order valence-electron chi connectivity index (χ3n) is 3.64. The van der Waals surface area contributed by atoms with E-state index in [1.165, 1.54) is 6.92 Å². The maximum absolute atomic E-state index is 12.2. The third kappa shape index (κ3) is 3.43. The van der Waals surface area contributed by atoms with Crippen molar-refractivity contribution in [3.8, 4) is 0 Å². The average molecular weight is 324 g/mol. The number of ether oxygens (including phenoxy) is 1. The van der Waals surface area contributed by atoms with Crippen LogP contribution in [0.2, 0.25) is 0 Å². The molecule has 2 aromatic carbocycles. The Morgan fingerprint density at radius 3 is 2.29 bits per heavy atom. The lowest BCUT2D eigenvalue weighted by Gasteiger charge is -2.11. The number of esters is 1. The molecule has 2 N–H and O–H groups in total. The lowest BCUT2D eigenvalue weighted by Crippen LogP contribution is -2.15. The van der Waals surface area contributed by atoms with E-state index >= 15 is 0 Å². The average Bonchev–Trinajstić information content (AvgIpc) is 2.85. The van der Waals surface area contributed by atoms with Crippen LogP contribution >= 0.6 is 0 Å². The molecule has 0 radical (unpaired) electrons. The molecule has 1 aliphatic rings. The molecule has 0 spiro atoms. The predicted octanol–water partition coefficient (Wildman–Crippen LogP) is 2.89. The molecule has 3 rings (SSSR count). The van der Waals surface area contributed by atoms with E-state index in [0.717, 1.165) is 5.56 Å². The van der Waals surface area contributed by atoms with Gasteiger partial charge in [0.15, 0.2) is 0 Å². The second kappa shape index (κ2) is 6.54. The highest BCUT2D eigenvalue weighted by Crippen LogP contribution is 2.32. The molecule has 0 unspecified atom stereocenters. The van der Waals surface area contributed by atoms with Crippen LogP contribution in [0.15, 0.2) is 48.5 Å². The number of benzene rings is 2. The molecule has 1 atom stereocenters. The van der Waals surface area contributed by atoms with Crippen molar-refractivity contribution in [3.05, 3.63) is 59.7 Å². The normalized spacial score (nSPS) is 15.4. The summed E-state index contributed by atoms with van der Waals surface area (Å²) >= 11 is 0. The van der Waals surface area contributed by atoms with Gasteiger partial charge >= 0.3 is 5.97 Å². The minimum absolute atomic E-state index is 0.0518. The van der Waals surface area contributed by atoms with Crippen LogP contribution in [-0.4, -0.2) is 17.8 Å². The minimum Gasteiger partial charge on any atom is -0.453 e. The summed E-state index contributed by atoms with van der Waals surface area (Å²) < 4.78 is 5.26. The first-order valence-corrected chi connectivity index (χ1v) is 7.50. The molecule has 2 aromatic rings. The SMILES string of the molecule is CC(=O)Nc1ccc(NC(=O)C[C@@H]2OC(=O)c3ccccc32)cc1. The second-order valence-corrected chi connectivity index (χ2v) is 5.49. The predicted molar refractivity (Wildman–Crippen MR) is 88.6 cm³/mol. The van der Waals surface area contributed by atoms with Crippen LogP contribution in [0.25, 0.3) is 0 Å². The summed E-state index contributed by atoms with van der Waals surface area (Å²) in [7, 11) is 0. The molecule has 24 heavy (non-hydrogen) atoms. The van der Waals surface area contributed by atoms with Gasteiger partial charge in [-0.25, -0.2) is 4.79 Å². The Hall–Kier alpha value is -3.15. The number of anilines is 2. The zero-order chi connectivity index (χ0) is 17.1. The first-order chi connectivity index (χ1) is 11.5. The molecule has 1 aliphatic heterocycles. The maximum atomic E-state index is 12.2. The van der Waals surface area contributed by atoms with Crippen LogP contribution in [0.1, 0.15) is 35.4 Å². The van der Waals surface area contributed by atoms with E-state index in [-0.39, 0.29) is 18.2 Å². The van der Waals surface area contributed by atoms with Crippen LogP contribution in [0, 0.1) is 0 Å². The largest absolute Gasteiger partial charge is 0.453 e. The molecule has 0 fully saturated rings. The fourth-order valence-corrected chi connectivity index (χ4v) is 2.59. The van der Waals surface area contributed by atoms with E-state index in [1.807, 2.05) is 6.07 Å². The van der Waals surface area contributed by atoms with Gasteiger partial charge in [-0.1, -0.05) is 18.2 Å². The third-order valence-corrected chi connectivity index (χ3v) is 3.64. The van der Waals surface area contributed by atoms with Gasteiger partial charge in [0.1, 0.15) is 6.10 Å². The Morgan fingerprint density at radius 2 is 1.62 bits per heavy atom. The van der Waals surface area contributed by atoms with Crippen LogP contribution in [0.3, 0.4) is 0 Å². The van der Waals surface area contributed by atoms with Gasteiger partial charge in [0.05, 0.1) is 12.0 Å². The Morgan fingerprint density at radius 1 is 1.00 bits per heavy atom. The highest BCUT2D eigenvalue weighted by molar-refractivity contribution is 5.96. The van der Waals surface area contributed by atoms with E-state index in [2.05, 4.69) is 10.6 Å². The number of hydrogen-bond acceptors (Lipinski definition) is 4. The molecule has 0 aromatic heterocycles. The van der Waals surface area contributed by atoms with Crippen LogP contribution in [0.4, 0.5) is 11.4 Å².